The van der Waals surface area contributed by atoms with Crippen LogP contribution < -0.4 is 0 Å². The zero-order valence-electron chi connectivity index (χ0n) is 14.0. The Balaban J connectivity index is 1.35. The van der Waals surface area contributed by atoms with E-state index in [1.165, 1.54) is 25.8 Å². The molecule has 0 aliphatic carbocycles. The van der Waals surface area contributed by atoms with Crippen LogP contribution in [0.2, 0.25) is 0 Å². The Morgan fingerprint density at radius 3 is 2.96 bits per heavy atom. The van der Waals surface area contributed by atoms with E-state index in [4.69, 9.17) is 4.42 Å². The van der Waals surface area contributed by atoms with Crippen LogP contribution in [-0.4, -0.2) is 65.3 Å². The average Bonchev–Trinajstić information content (AvgIpc) is 3.24. The second-order valence-corrected chi connectivity index (χ2v) is 7.22. The molecule has 0 bridgehead atoms. The van der Waals surface area contributed by atoms with Crippen LogP contribution in [0.25, 0.3) is 0 Å². The summed E-state index contributed by atoms with van der Waals surface area (Å²) in [6.45, 7) is 4.77. The molecule has 0 radical (unpaired) electrons. The Morgan fingerprint density at radius 1 is 1.21 bits per heavy atom. The summed E-state index contributed by atoms with van der Waals surface area (Å²) in [6.07, 6.45) is 5.69. The number of amides is 2. The summed E-state index contributed by atoms with van der Waals surface area (Å²) in [7, 11) is 0. The van der Waals surface area contributed by atoms with E-state index < -0.39 is 0 Å². The summed E-state index contributed by atoms with van der Waals surface area (Å²) in [4.78, 5) is 31.4. The quantitative estimate of drug-likeness (QED) is 0.838. The van der Waals surface area contributed by atoms with E-state index in [0.717, 1.165) is 25.4 Å². The predicted octanol–water partition coefficient (Wildman–Crippen LogP) is 1.32. The van der Waals surface area contributed by atoms with Crippen molar-refractivity contribution in [1.29, 1.82) is 0 Å². The third-order valence-electron chi connectivity index (χ3n) is 5.64. The molecule has 0 spiro atoms. The second-order valence-electron chi connectivity index (χ2n) is 7.22. The maximum Gasteiger partial charge on any atom is 0.228 e. The number of hydrogen-bond acceptors (Lipinski definition) is 4. The van der Waals surface area contributed by atoms with Crippen LogP contribution in [0.5, 0.6) is 0 Å². The molecule has 6 nitrogen and oxygen atoms in total. The van der Waals surface area contributed by atoms with Gasteiger partial charge in [-0.2, -0.15) is 0 Å². The lowest BCUT2D eigenvalue weighted by Crippen LogP contribution is -2.57. The first-order chi connectivity index (χ1) is 11.7. The van der Waals surface area contributed by atoms with Crippen LogP contribution in [0.15, 0.2) is 22.8 Å². The molecule has 3 aliphatic heterocycles. The van der Waals surface area contributed by atoms with E-state index in [0.29, 0.717) is 25.6 Å². The maximum absolute atomic E-state index is 12.9. The predicted molar refractivity (Wildman–Crippen MR) is 88.0 cm³/mol. The van der Waals surface area contributed by atoms with Gasteiger partial charge >= 0.3 is 0 Å². The van der Waals surface area contributed by atoms with Crippen LogP contribution in [0.4, 0.5) is 0 Å². The fraction of sp³-hybridized carbons (Fsp3) is 0.667. The molecule has 1 aromatic rings. The van der Waals surface area contributed by atoms with Gasteiger partial charge in [0.2, 0.25) is 11.8 Å². The molecule has 0 unspecified atom stereocenters. The Labute approximate surface area is 142 Å². The number of carbonyl (C=O) groups is 2. The second kappa shape index (κ2) is 6.59. The third-order valence-corrected chi connectivity index (χ3v) is 5.64. The van der Waals surface area contributed by atoms with Gasteiger partial charge in [-0.3, -0.25) is 14.5 Å². The van der Waals surface area contributed by atoms with Gasteiger partial charge in [0.25, 0.3) is 0 Å². The number of hydrogen-bond donors (Lipinski definition) is 0. The molecule has 2 amide bonds. The Bertz CT molecular complexity index is 601. The monoisotopic (exact) mass is 331 g/mol. The van der Waals surface area contributed by atoms with Gasteiger partial charge in [-0.25, -0.2) is 0 Å². The first-order valence-corrected chi connectivity index (χ1v) is 9.03. The zero-order valence-corrected chi connectivity index (χ0v) is 14.0. The van der Waals surface area contributed by atoms with E-state index in [-0.39, 0.29) is 17.7 Å². The third kappa shape index (κ3) is 3.07. The number of rotatable bonds is 3. The van der Waals surface area contributed by atoms with E-state index in [1.807, 2.05) is 17.0 Å². The Kier molecular flexibility index (Phi) is 4.31. The van der Waals surface area contributed by atoms with Crippen LogP contribution in [-0.2, 0) is 16.1 Å². The molecule has 4 heterocycles. The first kappa shape index (κ1) is 15.7. The van der Waals surface area contributed by atoms with Gasteiger partial charge in [0.15, 0.2) is 0 Å². The summed E-state index contributed by atoms with van der Waals surface area (Å²) in [6, 6.07) is 4.21. The van der Waals surface area contributed by atoms with Gasteiger partial charge in [0.05, 0.1) is 18.7 Å². The zero-order chi connectivity index (χ0) is 16.5. The fourth-order valence-electron chi connectivity index (χ4n) is 4.30. The van der Waals surface area contributed by atoms with Crippen molar-refractivity contribution in [2.45, 2.75) is 38.3 Å². The van der Waals surface area contributed by atoms with E-state index in [1.54, 1.807) is 11.2 Å². The largest absolute Gasteiger partial charge is 0.467 e. The number of carbonyl (C=O) groups excluding carboxylic acids is 2. The topological polar surface area (TPSA) is 57.0 Å². The molecule has 0 N–H and O–H groups in total. The van der Waals surface area contributed by atoms with Crippen molar-refractivity contribution in [1.82, 2.24) is 14.7 Å². The molecule has 130 valence electrons. The van der Waals surface area contributed by atoms with Crippen LogP contribution >= 0.6 is 0 Å². The summed E-state index contributed by atoms with van der Waals surface area (Å²) < 4.78 is 5.32. The van der Waals surface area contributed by atoms with Gasteiger partial charge in [0, 0.05) is 38.6 Å². The number of likely N-dealkylation sites (tertiary alicyclic amines) is 1. The number of nitrogens with zero attached hydrogens (tertiary/aromatic N) is 3. The molecule has 24 heavy (non-hydrogen) atoms. The fourth-order valence-corrected chi connectivity index (χ4v) is 4.30. The van der Waals surface area contributed by atoms with Crippen molar-refractivity contribution in [2.75, 3.05) is 32.7 Å². The molecule has 4 rings (SSSR count). The highest BCUT2D eigenvalue weighted by atomic mass is 16.3. The molecule has 3 aliphatic rings. The molecule has 3 saturated heterocycles. The van der Waals surface area contributed by atoms with Crippen molar-refractivity contribution < 1.29 is 14.0 Å². The number of fused-ring (bicyclic) bond motifs is 1. The number of piperidine rings is 1. The lowest BCUT2D eigenvalue weighted by atomic mass is 9.98. The Hall–Kier alpha value is -1.82. The minimum atomic E-state index is -0.192. The highest BCUT2D eigenvalue weighted by Crippen LogP contribution is 2.26. The maximum atomic E-state index is 12.9. The van der Waals surface area contributed by atoms with Gasteiger partial charge < -0.3 is 14.2 Å². The van der Waals surface area contributed by atoms with Crippen molar-refractivity contribution in [3.8, 4) is 0 Å². The molecule has 2 atom stereocenters. The minimum absolute atomic E-state index is 0.0565. The Morgan fingerprint density at radius 2 is 2.12 bits per heavy atom. The van der Waals surface area contributed by atoms with Crippen molar-refractivity contribution in [3.63, 3.8) is 0 Å². The van der Waals surface area contributed by atoms with E-state index in [2.05, 4.69) is 4.90 Å². The standard InChI is InChI=1S/C18H25N3O3/c22-17-10-14(11-21(17)13-16-5-3-9-24-16)18(23)20-8-7-19-6-2-1-4-15(19)12-20/h3,5,9,14-15H,1-2,4,6-8,10-13H2/t14-,15-/m0/s1. The molecule has 0 aromatic carbocycles. The van der Waals surface area contributed by atoms with Gasteiger partial charge in [-0.15, -0.1) is 0 Å². The molecule has 6 heteroatoms. The SMILES string of the molecule is O=C1C[C@H](C(=O)N2CCN3CCCC[C@H]3C2)CN1Cc1ccco1. The summed E-state index contributed by atoms with van der Waals surface area (Å²) in [5.74, 6) is 0.798. The minimum Gasteiger partial charge on any atom is -0.467 e. The van der Waals surface area contributed by atoms with Crippen molar-refractivity contribution in [2.24, 2.45) is 5.92 Å². The summed E-state index contributed by atoms with van der Waals surface area (Å²) >= 11 is 0. The highest BCUT2D eigenvalue weighted by Gasteiger charge is 2.39. The van der Waals surface area contributed by atoms with Crippen molar-refractivity contribution >= 4 is 11.8 Å². The van der Waals surface area contributed by atoms with Crippen LogP contribution in [0.1, 0.15) is 31.4 Å². The molecule has 3 fully saturated rings. The smallest absolute Gasteiger partial charge is 0.228 e. The van der Waals surface area contributed by atoms with Gasteiger partial charge in [-0.05, 0) is 31.5 Å². The van der Waals surface area contributed by atoms with E-state index >= 15 is 0 Å². The highest BCUT2D eigenvalue weighted by molar-refractivity contribution is 5.89. The van der Waals surface area contributed by atoms with Crippen LogP contribution in [0.3, 0.4) is 0 Å². The number of furan rings is 1. The normalized spacial score (nSPS) is 28.2. The van der Waals surface area contributed by atoms with Crippen molar-refractivity contribution in [3.05, 3.63) is 24.2 Å². The van der Waals surface area contributed by atoms with Gasteiger partial charge in [0.1, 0.15) is 5.76 Å². The molecular formula is C18H25N3O3. The number of piperazine rings is 1. The average molecular weight is 331 g/mol. The lowest BCUT2D eigenvalue weighted by molar-refractivity contribution is -0.139. The molecular weight excluding hydrogens is 306 g/mol. The van der Waals surface area contributed by atoms with Gasteiger partial charge in [-0.1, -0.05) is 6.42 Å². The lowest BCUT2D eigenvalue weighted by Gasteiger charge is -2.44. The van der Waals surface area contributed by atoms with E-state index in [9.17, 15) is 9.59 Å². The summed E-state index contributed by atoms with van der Waals surface area (Å²) in [5.41, 5.74) is 0. The summed E-state index contributed by atoms with van der Waals surface area (Å²) in [5, 5.41) is 0. The molecule has 1 aromatic heterocycles. The van der Waals surface area contributed by atoms with Crippen LogP contribution in [0, 0.1) is 5.92 Å². The molecule has 0 saturated carbocycles. The first-order valence-electron chi connectivity index (χ1n) is 9.03.